The second kappa shape index (κ2) is 8.62. The predicted molar refractivity (Wildman–Crippen MR) is 115 cm³/mol. The highest BCUT2D eigenvalue weighted by Gasteiger charge is 2.19. The van der Waals surface area contributed by atoms with E-state index in [0.717, 1.165) is 5.56 Å². The molecule has 2 heterocycles. The summed E-state index contributed by atoms with van der Waals surface area (Å²) in [4.78, 5) is 31.9. The molecular formula is C20H22N4O2S2. The lowest BCUT2D eigenvalue weighted by molar-refractivity contribution is -0.134. The number of benzene rings is 1. The second-order valence-electron chi connectivity index (χ2n) is 6.70. The Bertz CT molecular complexity index is 1110. The highest BCUT2D eigenvalue weighted by Crippen LogP contribution is 2.18. The van der Waals surface area contributed by atoms with Gasteiger partial charge in [-0.1, -0.05) is 47.7 Å². The van der Waals surface area contributed by atoms with Crippen molar-refractivity contribution in [3.8, 4) is 0 Å². The first-order valence-electron chi connectivity index (χ1n) is 8.95. The molecule has 0 fully saturated rings. The summed E-state index contributed by atoms with van der Waals surface area (Å²) in [5.74, 6) is -0.128. The Morgan fingerprint density at radius 3 is 2.71 bits per heavy atom. The lowest BCUT2D eigenvalue weighted by atomic mass is 10.2. The molecule has 1 amide bonds. The minimum atomic E-state index is -0.249. The molecule has 2 aromatic heterocycles. The van der Waals surface area contributed by atoms with Gasteiger partial charge in [0.1, 0.15) is 17.6 Å². The summed E-state index contributed by atoms with van der Waals surface area (Å²) in [5, 5.41) is 0. The number of carbonyl (C=O) groups is 1. The Hall–Kier alpha value is -2.58. The number of rotatable bonds is 7. The maximum absolute atomic E-state index is 12.9. The average molecular weight is 415 g/mol. The molecule has 0 unspecified atom stereocenters. The summed E-state index contributed by atoms with van der Waals surface area (Å²) in [5.41, 5.74) is 1.33. The number of thiazole rings is 1. The van der Waals surface area contributed by atoms with Gasteiger partial charge in [0.25, 0.3) is 5.56 Å². The molecule has 0 saturated carbocycles. The van der Waals surface area contributed by atoms with E-state index in [1.54, 1.807) is 15.5 Å². The molecule has 1 aromatic carbocycles. The normalized spacial score (nSPS) is 11.1. The molecule has 0 radical (unpaired) electrons. The van der Waals surface area contributed by atoms with E-state index in [-0.39, 0.29) is 24.1 Å². The van der Waals surface area contributed by atoms with Crippen LogP contribution in [0, 0.1) is 3.95 Å². The summed E-state index contributed by atoms with van der Waals surface area (Å²) in [7, 11) is 0. The maximum Gasteiger partial charge on any atom is 0.273 e. The van der Waals surface area contributed by atoms with Gasteiger partial charge in [-0.3, -0.25) is 14.2 Å². The van der Waals surface area contributed by atoms with E-state index < -0.39 is 0 Å². The summed E-state index contributed by atoms with van der Waals surface area (Å²) in [6.45, 7) is 8.57. The first-order valence-corrected chi connectivity index (χ1v) is 10.2. The Morgan fingerprint density at radius 2 is 2.07 bits per heavy atom. The van der Waals surface area contributed by atoms with Gasteiger partial charge in [-0.15, -0.1) is 6.58 Å². The average Bonchev–Trinajstić information content (AvgIpc) is 2.99. The van der Waals surface area contributed by atoms with Crippen molar-refractivity contribution in [2.75, 3.05) is 0 Å². The van der Waals surface area contributed by atoms with Crippen molar-refractivity contribution in [1.29, 1.82) is 0 Å². The highest BCUT2D eigenvalue weighted by atomic mass is 32.1. The molecule has 3 rings (SSSR count). The summed E-state index contributed by atoms with van der Waals surface area (Å²) < 4.78 is 4.15. The van der Waals surface area contributed by atoms with Crippen LogP contribution in [0.1, 0.15) is 19.4 Å². The van der Waals surface area contributed by atoms with E-state index in [9.17, 15) is 9.59 Å². The van der Waals surface area contributed by atoms with Crippen LogP contribution in [0.5, 0.6) is 0 Å². The van der Waals surface area contributed by atoms with Crippen LogP contribution in [0.3, 0.4) is 0 Å². The van der Waals surface area contributed by atoms with Crippen molar-refractivity contribution in [3.05, 3.63) is 69.2 Å². The van der Waals surface area contributed by atoms with Crippen molar-refractivity contribution in [3.63, 3.8) is 0 Å². The summed E-state index contributed by atoms with van der Waals surface area (Å²) in [6.07, 6.45) is 3.13. The van der Waals surface area contributed by atoms with Crippen LogP contribution in [0.2, 0.25) is 0 Å². The number of carbonyl (C=O) groups excluding carboxylic acids is 1. The van der Waals surface area contributed by atoms with Crippen LogP contribution >= 0.6 is 23.6 Å². The minimum Gasteiger partial charge on any atom is -0.334 e. The third kappa shape index (κ3) is 4.13. The molecule has 0 saturated heterocycles. The van der Waals surface area contributed by atoms with Gasteiger partial charge in [-0.2, -0.15) is 0 Å². The lowest BCUT2D eigenvalue weighted by Gasteiger charge is -2.27. The molecule has 0 atom stereocenters. The molecule has 3 aromatic rings. The zero-order valence-electron chi connectivity index (χ0n) is 15.9. The molecule has 28 heavy (non-hydrogen) atoms. The summed E-state index contributed by atoms with van der Waals surface area (Å²) >= 11 is 6.54. The molecule has 0 aliphatic heterocycles. The molecule has 0 aliphatic carbocycles. The molecule has 0 N–H and O–H groups in total. The van der Waals surface area contributed by atoms with Gasteiger partial charge < -0.3 is 9.47 Å². The van der Waals surface area contributed by atoms with Crippen molar-refractivity contribution in [2.24, 2.45) is 0 Å². The zero-order valence-corrected chi connectivity index (χ0v) is 17.5. The molecule has 146 valence electrons. The second-order valence-corrected chi connectivity index (χ2v) is 8.34. The Kier molecular flexibility index (Phi) is 6.21. The number of fused-ring (bicyclic) bond motifs is 1. The first-order chi connectivity index (χ1) is 13.4. The Morgan fingerprint density at radius 1 is 1.36 bits per heavy atom. The smallest absolute Gasteiger partial charge is 0.273 e. The van der Waals surface area contributed by atoms with Crippen LogP contribution < -0.4 is 5.56 Å². The maximum atomic E-state index is 12.9. The number of amides is 1. The zero-order chi connectivity index (χ0) is 20.3. The predicted octanol–water partition coefficient (Wildman–Crippen LogP) is 3.61. The molecule has 8 heteroatoms. The van der Waals surface area contributed by atoms with E-state index in [1.807, 2.05) is 44.2 Å². The summed E-state index contributed by atoms with van der Waals surface area (Å²) in [6, 6.07) is 9.81. The van der Waals surface area contributed by atoms with E-state index in [4.69, 9.17) is 12.2 Å². The van der Waals surface area contributed by atoms with Gasteiger partial charge in [0, 0.05) is 19.1 Å². The van der Waals surface area contributed by atoms with Crippen molar-refractivity contribution in [1.82, 2.24) is 19.0 Å². The van der Waals surface area contributed by atoms with Gasteiger partial charge in [0.15, 0.2) is 9.60 Å². The van der Waals surface area contributed by atoms with Crippen LogP contribution in [-0.2, 0) is 24.4 Å². The minimum absolute atomic E-state index is 0.0100. The van der Waals surface area contributed by atoms with Crippen LogP contribution in [0.15, 0.2) is 54.1 Å². The number of aromatic nitrogens is 3. The monoisotopic (exact) mass is 414 g/mol. The van der Waals surface area contributed by atoms with E-state index in [2.05, 4.69) is 11.6 Å². The van der Waals surface area contributed by atoms with Gasteiger partial charge in [-0.05, 0) is 31.6 Å². The molecule has 0 aliphatic rings. The lowest BCUT2D eigenvalue weighted by Crippen LogP contribution is -2.40. The molecular weight excluding hydrogens is 392 g/mol. The number of allylic oxidation sites excluding steroid dienone is 1. The van der Waals surface area contributed by atoms with Crippen molar-refractivity contribution < 1.29 is 4.79 Å². The standard InChI is InChI=1S/C20H22N4O2S2/c1-4-10-23-18-17(28-20(23)27)19(26)22(13-21-18)12-16(25)24(14(2)3)11-15-8-6-5-7-9-15/h4-9,13-14H,1,10-12H2,2-3H3. The van der Waals surface area contributed by atoms with Crippen LogP contribution in [0.4, 0.5) is 0 Å². The van der Waals surface area contributed by atoms with Crippen molar-refractivity contribution in [2.45, 2.75) is 39.5 Å². The van der Waals surface area contributed by atoms with Gasteiger partial charge in [0.05, 0.1) is 0 Å². The van der Waals surface area contributed by atoms with E-state index in [0.29, 0.717) is 27.4 Å². The molecule has 6 nitrogen and oxygen atoms in total. The van der Waals surface area contributed by atoms with E-state index >= 15 is 0 Å². The fourth-order valence-electron chi connectivity index (χ4n) is 2.95. The fourth-order valence-corrected chi connectivity index (χ4v) is 4.27. The SMILES string of the molecule is C=CCn1c(=S)sc2c(=O)n(CC(=O)N(Cc3ccccc3)C(C)C)cnc21. The highest BCUT2D eigenvalue weighted by molar-refractivity contribution is 7.73. The topological polar surface area (TPSA) is 60.1 Å². The van der Waals surface area contributed by atoms with Crippen LogP contribution in [-0.4, -0.2) is 31.0 Å². The third-order valence-corrected chi connectivity index (χ3v) is 5.83. The largest absolute Gasteiger partial charge is 0.334 e. The Balaban J connectivity index is 1.89. The van der Waals surface area contributed by atoms with Crippen molar-refractivity contribution >= 4 is 39.8 Å². The third-order valence-electron chi connectivity index (χ3n) is 4.40. The Labute approximate surface area is 172 Å². The van der Waals surface area contributed by atoms with Gasteiger partial charge in [-0.25, -0.2) is 4.98 Å². The molecule has 0 bridgehead atoms. The quantitative estimate of drug-likeness (QED) is 0.438. The molecule has 0 spiro atoms. The van der Waals surface area contributed by atoms with E-state index in [1.165, 1.54) is 22.2 Å². The number of hydrogen-bond acceptors (Lipinski definition) is 5. The van der Waals surface area contributed by atoms with Crippen LogP contribution in [0.25, 0.3) is 10.3 Å². The van der Waals surface area contributed by atoms with Gasteiger partial charge >= 0.3 is 0 Å². The fraction of sp³-hybridized carbons (Fsp3) is 0.300. The number of hydrogen-bond donors (Lipinski definition) is 0. The first kappa shape index (κ1) is 20.2. The van der Waals surface area contributed by atoms with Gasteiger partial charge in [0.2, 0.25) is 5.91 Å². The number of nitrogens with zero attached hydrogens (tertiary/aromatic N) is 4.